The van der Waals surface area contributed by atoms with E-state index >= 15 is 4.79 Å². The van der Waals surface area contributed by atoms with Crippen molar-refractivity contribution >= 4 is 11.8 Å². The number of ether oxygens (including phenoxy) is 1. The predicted octanol–water partition coefficient (Wildman–Crippen LogP) is 7.73. The van der Waals surface area contributed by atoms with Crippen molar-refractivity contribution in [2.24, 2.45) is 39.2 Å². The van der Waals surface area contributed by atoms with Gasteiger partial charge in [0, 0.05) is 19.2 Å². The van der Waals surface area contributed by atoms with E-state index < -0.39 is 11.5 Å². The molecule has 2 amide bonds. The Labute approximate surface area is 359 Å². The summed E-state index contributed by atoms with van der Waals surface area (Å²) in [6, 6.07) is 21.2. The molecule has 60 heavy (non-hydrogen) atoms. The van der Waals surface area contributed by atoms with E-state index in [2.05, 4.69) is 84.4 Å². The number of benzene rings is 2. The van der Waals surface area contributed by atoms with Crippen molar-refractivity contribution in [3.8, 4) is 0 Å². The van der Waals surface area contributed by atoms with Crippen LogP contribution in [0.5, 0.6) is 0 Å². The lowest BCUT2D eigenvalue weighted by Crippen LogP contribution is -2.68. The fraction of sp³-hybridized carbons (Fsp3) is 0.731. The third kappa shape index (κ3) is 6.83. The van der Waals surface area contributed by atoms with Crippen LogP contribution in [0.3, 0.4) is 0 Å². The molecule has 1 saturated heterocycles. The Kier molecular flexibility index (Phi) is 10.4. The molecule has 9 saturated carbocycles. The minimum absolute atomic E-state index is 0.0237. The van der Waals surface area contributed by atoms with Crippen LogP contribution in [0.4, 0.5) is 0 Å². The average molecular weight is 819 g/mol. The molecule has 4 unspecified atom stereocenters. The summed E-state index contributed by atoms with van der Waals surface area (Å²) in [7, 11) is 0. The van der Waals surface area contributed by atoms with E-state index in [0.717, 1.165) is 109 Å². The summed E-state index contributed by atoms with van der Waals surface area (Å²) in [6.07, 6.45) is 19.2. The summed E-state index contributed by atoms with van der Waals surface area (Å²) in [5.41, 5.74) is 9.28. The maximum Gasteiger partial charge on any atom is 0.226 e. The highest BCUT2D eigenvalue weighted by Crippen LogP contribution is 2.75. The highest BCUT2D eigenvalue weighted by Gasteiger charge is 2.71. The highest BCUT2D eigenvalue weighted by atomic mass is 16.5. The first-order chi connectivity index (χ1) is 28.9. The van der Waals surface area contributed by atoms with Crippen LogP contribution in [0, 0.1) is 33.5 Å². The zero-order valence-corrected chi connectivity index (χ0v) is 36.8. The number of rotatable bonds is 13. The first-order valence-corrected chi connectivity index (χ1v) is 24.4. The van der Waals surface area contributed by atoms with Crippen LogP contribution in [-0.2, 0) is 30.6 Å². The molecule has 0 spiro atoms. The van der Waals surface area contributed by atoms with E-state index in [-0.39, 0.29) is 56.4 Å². The number of nitrogens with two attached hydrogens (primary N) is 1. The van der Waals surface area contributed by atoms with Gasteiger partial charge in [-0.1, -0.05) is 67.9 Å². The van der Waals surface area contributed by atoms with Crippen LogP contribution in [0.1, 0.15) is 153 Å². The van der Waals surface area contributed by atoms with Crippen molar-refractivity contribution in [1.82, 2.24) is 16.0 Å². The molecule has 8 bridgehead atoms. The van der Waals surface area contributed by atoms with Gasteiger partial charge in [-0.05, 0) is 191 Å². The third-order valence-electron chi connectivity index (χ3n) is 18.5. The average Bonchev–Trinajstić information content (AvgIpc) is 3.23. The van der Waals surface area contributed by atoms with E-state index in [1.165, 1.54) is 42.4 Å². The number of carbonyl (C=O) groups excluding carboxylic acids is 2. The van der Waals surface area contributed by atoms with Crippen LogP contribution in [-0.4, -0.2) is 68.0 Å². The topological polar surface area (TPSA) is 126 Å². The molecule has 12 rings (SSSR count). The minimum atomic E-state index is -0.539. The molecule has 0 aromatic heterocycles. The van der Waals surface area contributed by atoms with Gasteiger partial charge in [-0.3, -0.25) is 9.59 Å². The zero-order chi connectivity index (χ0) is 41.4. The number of carbonyl (C=O) groups is 2. The summed E-state index contributed by atoms with van der Waals surface area (Å²) in [5, 5.41) is 21.3. The second kappa shape index (κ2) is 15.2. The summed E-state index contributed by atoms with van der Waals surface area (Å²) in [4.78, 5) is 29.8. The van der Waals surface area contributed by atoms with Crippen molar-refractivity contribution in [2.75, 3.05) is 32.8 Å². The first kappa shape index (κ1) is 41.2. The van der Waals surface area contributed by atoms with Gasteiger partial charge in [0.25, 0.3) is 0 Å². The molecule has 8 nitrogen and oxygen atoms in total. The Hall–Kier alpha value is -2.78. The molecule has 10 aliphatic rings. The van der Waals surface area contributed by atoms with Crippen LogP contribution in [0.25, 0.3) is 0 Å². The molecule has 6 N–H and O–H groups in total. The smallest absolute Gasteiger partial charge is 0.226 e. The molecule has 1 aliphatic heterocycles. The second-order valence-electron chi connectivity index (χ2n) is 22.9. The molecular formula is C52H74N4O4. The molecule has 1 heterocycles. The molecule has 2 aromatic rings. The van der Waals surface area contributed by atoms with Crippen LogP contribution in [0.2, 0.25) is 0 Å². The van der Waals surface area contributed by atoms with E-state index in [9.17, 15) is 9.90 Å². The lowest BCUT2D eigenvalue weighted by atomic mass is 9.33. The minimum Gasteiger partial charge on any atom is -0.390 e. The number of aliphatic hydroxyl groups excluding tert-OH is 1. The molecule has 2 aromatic carbocycles. The standard InChI is InChI=1S/C52H74N4O4/c1-3-19-46-21-37-22-48(26-46,31-49(23-37,27-46)44(58)56-42-18-20-54-25-43(42)57)39-12-14-40(15-13-39)51-29-47(35-60-4-2)28-50(32-51,38-8-6-5-7-9-38)33-52(30-47,34-51)45(59)55-41-16-10-36(24-53)11-17-41/h5-9,12-15,36-37,41-43,54,57H,3-4,10-11,16-35,53H2,1-2H3,(H,55,59)(H,56,58)/t36?,37?,41?,42-,43-,46-,47-,48-,49?,50+,51?,52?/m1/s1. The van der Waals surface area contributed by atoms with Crippen molar-refractivity contribution in [3.05, 3.63) is 71.3 Å². The van der Waals surface area contributed by atoms with Gasteiger partial charge in [0.1, 0.15) is 0 Å². The van der Waals surface area contributed by atoms with Crippen molar-refractivity contribution in [3.63, 3.8) is 0 Å². The molecule has 326 valence electrons. The Balaban J connectivity index is 1.00. The van der Waals surface area contributed by atoms with Crippen molar-refractivity contribution in [1.29, 1.82) is 0 Å². The summed E-state index contributed by atoms with van der Waals surface area (Å²) < 4.78 is 6.45. The number of hydrogen-bond acceptors (Lipinski definition) is 6. The van der Waals surface area contributed by atoms with E-state index in [0.29, 0.717) is 31.6 Å². The van der Waals surface area contributed by atoms with Gasteiger partial charge >= 0.3 is 0 Å². The van der Waals surface area contributed by atoms with Gasteiger partial charge in [-0.25, -0.2) is 0 Å². The molecule has 9 aliphatic carbocycles. The predicted molar refractivity (Wildman–Crippen MR) is 236 cm³/mol. The first-order valence-electron chi connectivity index (χ1n) is 24.4. The van der Waals surface area contributed by atoms with Crippen LogP contribution < -0.4 is 21.7 Å². The number of nitrogens with one attached hydrogen (secondary N) is 3. The van der Waals surface area contributed by atoms with Crippen molar-refractivity contribution < 1.29 is 19.4 Å². The van der Waals surface area contributed by atoms with Gasteiger partial charge < -0.3 is 31.5 Å². The largest absolute Gasteiger partial charge is 0.390 e. The van der Waals surface area contributed by atoms with Gasteiger partial charge in [-0.15, -0.1) is 0 Å². The summed E-state index contributed by atoms with van der Waals surface area (Å²) in [5.74, 6) is 1.61. The number of amides is 2. The maximum atomic E-state index is 15.2. The van der Waals surface area contributed by atoms with E-state index in [4.69, 9.17) is 10.5 Å². The third-order valence-corrected chi connectivity index (χ3v) is 18.5. The molecular weight excluding hydrogens is 745 g/mol. The van der Waals surface area contributed by atoms with Gasteiger partial charge in [-0.2, -0.15) is 0 Å². The van der Waals surface area contributed by atoms with Crippen molar-refractivity contribution in [2.45, 2.75) is 170 Å². The van der Waals surface area contributed by atoms with E-state index in [1.807, 2.05) is 0 Å². The second-order valence-corrected chi connectivity index (χ2v) is 22.9. The molecule has 10 fully saturated rings. The Morgan fingerprint density at radius 3 is 2.02 bits per heavy atom. The Morgan fingerprint density at radius 2 is 1.35 bits per heavy atom. The summed E-state index contributed by atoms with van der Waals surface area (Å²) in [6.45, 7) is 7.94. The fourth-order valence-corrected chi connectivity index (χ4v) is 17.4. The lowest BCUT2D eigenvalue weighted by Gasteiger charge is -2.70. The number of aliphatic hydroxyl groups is 1. The number of piperidine rings is 1. The molecule has 0 radical (unpaired) electrons. The lowest BCUT2D eigenvalue weighted by molar-refractivity contribution is -0.180. The number of hydrogen-bond donors (Lipinski definition) is 5. The summed E-state index contributed by atoms with van der Waals surface area (Å²) >= 11 is 0. The Morgan fingerprint density at radius 1 is 0.717 bits per heavy atom. The number of β-amino-alcohol motifs (C(OH)–C–C–N with tert-alkyl or cyclic N) is 1. The van der Waals surface area contributed by atoms with Gasteiger partial charge in [0.05, 0.1) is 29.6 Å². The molecule has 10 atom stereocenters. The monoisotopic (exact) mass is 819 g/mol. The fourth-order valence-electron chi connectivity index (χ4n) is 17.4. The van der Waals surface area contributed by atoms with Crippen LogP contribution in [0.15, 0.2) is 54.6 Å². The van der Waals surface area contributed by atoms with Gasteiger partial charge in [0.15, 0.2) is 0 Å². The molecule has 8 heteroatoms. The Bertz CT molecular complexity index is 1920. The van der Waals surface area contributed by atoms with Gasteiger partial charge in [0.2, 0.25) is 11.8 Å². The zero-order valence-electron chi connectivity index (χ0n) is 36.8. The maximum absolute atomic E-state index is 15.2. The normalized spacial score (nSPS) is 43.8. The van der Waals surface area contributed by atoms with Crippen LogP contribution >= 0.6 is 0 Å². The highest BCUT2D eigenvalue weighted by molar-refractivity contribution is 5.85. The van der Waals surface area contributed by atoms with E-state index in [1.54, 1.807) is 0 Å². The SMILES string of the molecule is CCC[C@]12CC3CC(C(=O)N[C@@H]4CCNC[C@H]4O)(C1)C[C@@](c1ccc(C45CC6(C(=O)NC7CCC(CN)CC7)C[C@](COCC)(C4)C[C@@](c4ccccc4)(C6)C5)cc1)(C3)C2. The quantitative estimate of drug-likeness (QED) is 0.141.